The summed E-state index contributed by atoms with van der Waals surface area (Å²) in [6.45, 7) is 10.7. The third kappa shape index (κ3) is 4.93. The van der Waals surface area contributed by atoms with E-state index < -0.39 is 8.07 Å². The number of rotatable bonds is 3. The van der Waals surface area contributed by atoms with Crippen LogP contribution in [0.1, 0.15) is 17.9 Å². The number of hydrogen-bond donors (Lipinski definition) is 0. The maximum Gasteiger partial charge on any atom is 0.129 e. The summed E-state index contributed by atoms with van der Waals surface area (Å²) in [5.74, 6) is 3.64. The lowest BCUT2D eigenvalue weighted by molar-refractivity contribution is 0.880. The van der Waals surface area contributed by atoms with Crippen molar-refractivity contribution in [2.45, 2.75) is 32.0 Å². The highest BCUT2D eigenvalue weighted by Gasteiger charge is 2.10. The second-order valence-corrected chi connectivity index (χ2v) is 10.7. The molecule has 1 aromatic rings. The molecule has 0 bridgehead atoms. The average molecular weight is 307 g/mol. The summed E-state index contributed by atoms with van der Waals surface area (Å²) in [5.41, 5.74) is 4.67. The highest BCUT2D eigenvalue weighted by atomic mass is 79.9. The van der Waals surface area contributed by atoms with Crippen molar-refractivity contribution < 1.29 is 0 Å². The summed E-state index contributed by atoms with van der Waals surface area (Å²) in [6, 6.07) is 8.29. The number of allylic oxidation sites excluding steroid dienone is 1. The molecule has 90 valence electrons. The smallest absolute Gasteiger partial charge is 0.129 e. The Kier molecular flexibility index (Phi) is 5.23. The van der Waals surface area contributed by atoms with Crippen LogP contribution in [0.15, 0.2) is 41.4 Å². The molecular weight excluding hydrogens is 288 g/mol. The lowest BCUT2D eigenvalue weighted by atomic mass is 9.96. The van der Waals surface area contributed by atoms with E-state index in [4.69, 9.17) is 0 Å². The van der Waals surface area contributed by atoms with E-state index in [-0.39, 0.29) is 0 Å². The van der Waals surface area contributed by atoms with E-state index in [0.717, 1.165) is 10.9 Å². The molecule has 0 aliphatic heterocycles. The average Bonchev–Trinajstić information content (AvgIpc) is 2.24. The molecule has 0 heterocycles. The normalized spacial score (nSPS) is 12.5. The van der Waals surface area contributed by atoms with Gasteiger partial charge in [-0.25, -0.2) is 0 Å². The first-order valence-corrected chi connectivity index (χ1v) is 10.1. The molecule has 0 aliphatic rings. The van der Waals surface area contributed by atoms with Gasteiger partial charge in [0.05, 0.1) is 0 Å². The zero-order valence-electron chi connectivity index (χ0n) is 10.8. The largest absolute Gasteiger partial charge is 0.132 e. The van der Waals surface area contributed by atoms with Gasteiger partial charge < -0.3 is 0 Å². The predicted molar refractivity (Wildman–Crippen MR) is 82.8 cm³/mol. The Morgan fingerprint density at radius 2 is 2.00 bits per heavy atom. The van der Waals surface area contributed by atoms with E-state index in [0.29, 0.717) is 5.92 Å². The third-order valence-corrected chi connectivity index (χ3v) is 4.02. The second kappa shape index (κ2) is 6.23. The topological polar surface area (TPSA) is 0 Å². The molecule has 0 unspecified atom stereocenters. The minimum absolute atomic E-state index is 0.314. The van der Waals surface area contributed by atoms with E-state index in [2.05, 4.69) is 71.8 Å². The van der Waals surface area contributed by atoms with Crippen LogP contribution in [0.2, 0.25) is 19.6 Å². The molecule has 0 N–H and O–H groups in total. The molecule has 0 amide bonds. The van der Waals surface area contributed by atoms with Gasteiger partial charge in [0.2, 0.25) is 0 Å². The molecule has 0 spiro atoms. The van der Waals surface area contributed by atoms with Crippen LogP contribution in [0.4, 0.5) is 0 Å². The molecule has 0 aliphatic carbocycles. The van der Waals surface area contributed by atoms with Gasteiger partial charge in [0.15, 0.2) is 0 Å². The van der Waals surface area contributed by atoms with Crippen molar-refractivity contribution in [1.82, 2.24) is 0 Å². The van der Waals surface area contributed by atoms with Crippen LogP contribution in [0.25, 0.3) is 0 Å². The first kappa shape index (κ1) is 14.3. The molecule has 1 atom stereocenters. The number of halogens is 1. The van der Waals surface area contributed by atoms with Crippen molar-refractivity contribution in [2.75, 3.05) is 0 Å². The van der Waals surface area contributed by atoms with Crippen molar-refractivity contribution in [1.29, 1.82) is 0 Å². The van der Waals surface area contributed by atoms with E-state index in [1.165, 1.54) is 5.56 Å². The molecule has 0 fully saturated rings. The second-order valence-electron chi connectivity index (χ2n) is 5.12. The summed E-state index contributed by atoms with van der Waals surface area (Å²) < 4.78 is 1.14. The molecule has 1 rings (SSSR count). The first-order chi connectivity index (χ1) is 7.94. The molecule has 1 aromatic carbocycles. The highest BCUT2D eigenvalue weighted by molar-refractivity contribution is 9.10. The van der Waals surface area contributed by atoms with Crippen molar-refractivity contribution in [3.05, 3.63) is 47.0 Å². The Hall–Kier alpha value is -0.783. The first-order valence-electron chi connectivity index (χ1n) is 5.81. The highest BCUT2D eigenvalue weighted by Crippen LogP contribution is 2.27. The molecule has 0 saturated carbocycles. The molecule has 0 radical (unpaired) electrons. The van der Waals surface area contributed by atoms with Crippen LogP contribution >= 0.6 is 15.9 Å². The minimum Gasteiger partial charge on any atom is -0.132 e. The van der Waals surface area contributed by atoms with Crippen molar-refractivity contribution in [3.63, 3.8) is 0 Å². The van der Waals surface area contributed by atoms with Crippen LogP contribution in [-0.4, -0.2) is 8.07 Å². The SMILES string of the molecule is C=C[C@@H](CC#C[Si](C)(C)C)c1ccccc1Br. The van der Waals surface area contributed by atoms with Gasteiger partial charge in [-0.2, -0.15) is 0 Å². The fourth-order valence-corrected chi connectivity index (χ4v) is 2.73. The van der Waals surface area contributed by atoms with Crippen LogP contribution < -0.4 is 0 Å². The summed E-state index contributed by atoms with van der Waals surface area (Å²) >= 11 is 3.58. The van der Waals surface area contributed by atoms with Crippen LogP contribution in [-0.2, 0) is 0 Å². The number of benzene rings is 1. The van der Waals surface area contributed by atoms with Gasteiger partial charge in [0.25, 0.3) is 0 Å². The molecule has 17 heavy (non-hydrogen) atoms. The zero-order chi connectivity index (χ0) is 12.9. The lowest BCUT2D eigenvalue weighted by Crippen LogP contribution is -2.16. The molecule has 2 heteroatoms. The summed E-state index contributed by atoms with van der Waals surface area (Å²) in [4.78, 5) is 0. The van der Waals surface area contributed by atoms with E-state index >= 15 is 0 Å². The van der Waals surface area contributed by atoms with Gasteiger partial charge in [0.1, 0.15) is 8.07 Å². The van der Waals surface area contributed by atoms with E-state index in [1.54, 1.807) is 0 Å². The minimum atomic E-state index is -1.26. The fraction of sp³-hybridized carbons (Fsp3) is 0.333. The maximum atomic E-state index is 3.92. The number of hydrogen-bond acceptors (Lipinski definition) is 0. The monoisotopic (exact) mass is 306 g/mol. The van der Waals surface area contributed by atoms with Gasteiger partial charge in [-0.1, -0.05) is 59.8 Å². The lowest BCUT2D eigenvalue weighted by Gasteiger charge is -2.12. The molecule has 0 nitrogen and oxygen atoms in total. The molecule has 0 aromatic heterocycles. The molecule has 0 saturated heterocycles. The van der Waals surface area contributed by atoms with Crippen LogP contribution in [0.3, 0.4) is 0 Å². The van der Waals surface area contributed by atoms with Gasteiger partial charge in [-0.3, -0.25) is 0 Å². The standard InChI is InChI=1S/C15H19BrSi/c1-5-13(9-8-12-17(2,3)4)14-10-6-7-11-15(14)16/h5-7,10-11,13H,1,9H2,2-4H3/t13-/m0/s1. The Morgan fingerprint density at radius 1 is 1.35 bits per heavy atom. The van der Waals surface area contributed by atoms with Crippen LogP contribution in [0, 0.1) is 11.5 Å². The van der Waals surface area contributed by atoms with Crippen LogP contribution in [0.5, 0.6) is 0 Å². The Morgan fingerprint density at radius 3 is 2.53 bits per heavy atom. The quantitative estimate of drug-likeness (QED) is 0.419. The Labute approximate surface area is 114 Å². The van der Waals surface area contributed by atoms with Gasteiger partial charge in [0, 0.05) is 16.8 Å². The van der Waals surface area contributed by atoms with Gasteiger partial charge in [-0.05, 0) is 11.6 Å². The van der Waals surface area contributed by atoms with Gasteiger partial charge in [-0.15, -0.1) is 18.0 Å². The van der Waals surface area contributed by atoms with E-state index in [1.807, 2.05) is 12.1 Å². The van der Waals surface area contributed by atoms with Crippen molar-refractivity contribution in [3.8, 4) is 11.5 Å². The van der Waals surface area contributed by atoms with Crippen molar-refractivity contribution >= 4 is 24.0 Å². The van der Waals surface area contributed by atoms with Gasteiger partial charge >= 0.3 is 0 Å². The van der Waals surface area contributed by atoms with E-state index in [9.17, 15) is 0 Å². The molecular formula is C15H19BrSi. The maximum absolute atomic E-state index is 3.92. The fourth-order valence-electron chi connectivity index (χ4n) is 1.52. The Bertz CT molecular complexity index is 446. The summed E-state index contributed by atoms with van der Waals surface area (Å²) in [5, 5.41) is 0. The third-order valence-electron chi connectivity index (χ3n) is 2.37. The summed E-state index contributed by atoms with van der Waals surface area (Å²) in [7, 11) is -1.26. The zero-order valence-corrected chi connectivity index (χ0v) is 13.3. The predicted octanol–water partition coefficient (Wildman–Crippen LogP) is 4.99. The summed E-state index contributed by atoms with van der Waals surface area (Å²) in [6.07, 6.45) is 2.84. The van der Waals surface area contributed by atoms with Crippen molar-refractivity contribution in [2.24, 2.45) is 0 Å². The Balaban J connectivity index is 2.83.